The van der Waals surface area contributed by atoms with E-state index in [-0.39, 0.29) is 5.75 Å². The van der Waals surface area contributed by atoms with Crippen LogP contribution in [-0.2, 0) is 6.54 Å². The van der Waals surface area contributed by atoms with Crippen LogP contribution in [0, 0.1) is 12.7 Å². The van der Waals surface area contributed by atoms with E-state index in [0.29, 0.717) is 29.0 Å². The first-order chi connectivity index (χ1) is 13.5. The third kappa shape index (κ3) is 3.47. The van der Waals surface area contributed by atoms with Crippen molar-refractivity contribution in [3.05, 3.63) is 41.3 Å². The molecule has 2 aromatic heterocycles. The Labute approximate surface area is 163 Å². The summed E-state index contributed by atoms with van der Waals surface area (Å²) in [6.45, 7) is 9.09. The molecule has 3 N–H and O–H groups in total. The molecule has 7 heteroatoms. The van der Waals surface area contributed by atoms with Crippen LogP contribution in [-0.4, -0.2) is 50.4 Å². The summed E-state index contributed by atoms with van der Waals surface area (Å²) in [5.74, 6) is -0.593. The molecule has 0 bridgehead atoms. The average molecular weight is 383 g/mol. The molecule has 0 aliphatic carbocycles. The molecule has 28 heavy (non-hydrogen) atoms. The first-order valence-corrected chi connectivity index (χ1v) is 9.77. The van der Waals surface area contributed by atoms with Gasteiger partial charge < -0.3 is 10.4 Å². The predicted octanol–water partition coefficient (Wildman–Crippen LogP) is 3.35. The number of pyridine rings is 1. The van der Waals surface area contributed by atoms with E-state index in [1.807, 2.05) is 13.0 Å². The normalized spacial score (nSPS) is 20.7. The van der Waals surface area contributed by atoms with Crippen LogP contribution in [0.15, 0.2) is 24.3 Å². The van der Waals surface area contributed by atoms with Crippen molar-refractivity contribution in [1.82, 2.24) is 25.4 Å². The SMILES string of the molecule is CC[C@@H]1CN(Cc2cc(-c3ccc(O)cc3F)nc3n[nH]c(C)c23)[C@@H](C)CN1. The maximum Gasteiger partial charge on any atom is 0.182 e. The minimum absolute atomic E-state index is 0.0987. The highest BCUT2D eigenvalue weighted by Crippen LogP contribution is 2.30. The van der Waals surface area contributed by atoms with E-state index < -0.39 is 5.82 Å². The number of hydrogen-bond acceptors (Lipinski definition) is 5. The fraction of sp³-hybridized carbons (Fsp3) is 0.429. The molecule has 0 amide bonds. The second-order valence-electron chi connectivity index (χ2n) is 7.67. The quantitative estimate of drug-likeness (QED) is 0.644. The highest BCUT2D eigenvalue weighted by atomic mass is 19.1. The van der Waals surface area contributed by atoms with Gasteiger partial charge in [-0.15, -0.1) is 0 Å². The van der Waals surface area contributed by atoms with Crippen LogP contribution < -0.4 is 5.32 Å². The lowest BCUT2D eigenvalue weighted by Gasteiger charge is -2.38. The molecule has 1 saturated heterocycles. The third-order valence-electron chi connectivity index (χ3n) is 5.66. The van der Waals surface area contributed by atoms with Crippen LogP contribution in [0.4, 0.5) is 4.39 Å². The van der Waals surface area contributed by atoms with Crippen molar-refractivity contribution >= 4 is 11.0 Å². The Bertz CT molecular complexity index is 1000. The second-order valence-corrected chi connectivity index (χ2v) is 7.67. The Kier molecular flexibility index (Phi) is 5.03. The number of phenols is 1. The third-order valence-corrected chi connectivity index (χ3v) is 5.66. The molecule has 1 aliphatic rings. The topological polar surface area (TPSA) is 77.1 Å². The Balaban J connectivity index is 1.77. The molecule has 3 aromatic rings. The number of aromatic nitrogens is 3. The number of piperazine rings is 1. The Morgan fingerprint density at radius 3 is 2.89 bits per heavy atom. The van der Waals surface area contributed by atoms with Crippen molar-refractivity contribution < 1.29 is 9.50 Å². The summed E-state index contributed by atoms with van der Waals surface area (Å²) in [7, 11) is 0. The first kappa shape index (κ1) is 18.8. The maximum atomic E-state index is 14.4. The number of rotatable bonds is 4. The Morgan fingerprint density at radius 1 is 1.32 bits per heavy atom. The number of nitrogens with one attached hydrogen (secondary N) is 2. The largest absolute Gasteiger partial charge is 0.508 e. The number of phenolic OH excluding ortho intramolecular Hbond substituents is 1. The summed E-state index contributed by atoms with van der Waals surface area (Å²) in [6, 6.07) is 6.99. The molecule has 1 aromatic carbocycles. The van der Waals surface area contributed by atoms with Crippen LogP contribution in [0.2, 0.25) is 0 Å². The zero-order valence-electron chi connectivity index (χ0n) is 16.5. The molecule has 0 saturated carbocycles. The van der Waals surface area contributed by atoms with Crippen molar-refractivity contribution in [1.29, 1.82) is 0 Å². The number of aromatic amines is 1. The van der Waals surface area contributed by atoms with Gasteiger partial charge in [0.1, 0.15) is 11.6 Å². The van der Waals surface area contributed by atoms with Gasteiger partial charge in [-0.05, 0) is 44.0 Å². The van der Waals surface area contributed by atoms with Gasteiger partial charge in [-0.25, -0.2) is 9.37 Å². The van der Waals surface area contributed by atoms with Gasteiger partial charge in [0.25, 0.3) is 0 Å². The molecule has 0 radical (unpaired) electrons. The Morgan fingerprint density at radius 2 is 2.14 bits per heavy atom. The molecule has 1 fully saturated rings. The van der Waals surface area contributed by atoms with Crippen LogP contribution >= 0.6 is 0 Å². The smallest absolute Gasteiger partial charge is 0.182 e. The number of benzene rings is 1. The zero-order chi connectivity index (χ0) is 19.8. The van der Waals surface area contributed by atoms with Gasteiger partial charge in [0.05, 0.1) is 5.69 Å². The van der Waals surface area contributed by atoms with Crippen LogP contribution in [0.3, 0.4) is 0 Å². The minimum atomic E-state index is -0.494. The number of fused-ring (bicyclic) bond motifs is 1. The van der Waals surface area contributed by atoms with E-state index in [1.165, 1.54) is 6.07 Å². The number of hydrogen-bond donors (Lipinski definition) is 3. The van der Waals surface area contributed by atoms with E-state index in [1.54, 1.807) is 6.07 Å². The molecule has 4 rings (SSSR count). The van der Waals surface area contributed by atoms with Gasteiger partial charge in [0, 0.05) is 54.4 Å². The van der Waals surface area contributed by atoms with Crippen molar-refractivity contribution in [3.63, 3.8) is 0 Å². The van der Waals surface area contributed by atoms with E-state index >= 15 is 0 Å². The lowest BCUT2D eigenvalue weighted by molar-refractivity contribution is 0.132. The molecule has 0 unspecified atom stereocenters. The lowest BCUT2D eigenvalue weighted by atomic mass is 10.0. The van der Waals surface area contributed by atoms with Crippen molar-refractivity contribution in [2.45, 2.75) is 45.8 Å². The molecule has 3 heterocycles. The van der Waals surface area contributed by atoms with Gasteiger partial charge in [0.15, 0.2) is 5.65 Å². The highest BCUT2D eigenvalue weighted by molar-refractivity contribution is 5.84. The van der Waals surface area contributed by atoms with E-state index in [4.69, 9.17) is 0 Å². The van der Waals surface area contributed by atoms with Gasteiger partial charge in [-0.3, -0.25) is 10.00 Å². The summed E-state index contributed by atoms with van der Waals surface area (Å²) >= 11 is 0. The van der Waals surface area contributed by atoms with E-state index in [0.717, 1.165) is 48.8 Å². The maximum absolute atomic E-state index is 14.4. The van der Waals surface area contributed by atoms with Crippen molar-refractivity contribution in [2.75, 3.05) is 13.1 Å². The molecule has 1 aliphatic heterocycles. The standard InChI is InChI=1S/C21H26FN5O/c1-4-15-11-27(12(2)9-23-15)10-14-7-19(17-6-5-16(28)8-18(17)22)24-21-20(14)13(3)25-26-21/h5-8,12,15,23,28H,4,9-11H2,1-3H3,(H,24,25,26)/t12-,15+/m0/s1. The number of aryl methyl sites for hydroxylation is 1. The van der Waals surface area contributed by atoms with Gasteiger partial charge in [-0.2, -0.15) is 5.10 Å². The van der Waals surface area contributed by atoms with Crippen LogP contribution in [0.5, 0.6) is 5.75 Å². The van der Waals surface area contributed by atoms with Crippen molar-refractivity contribution in [2.24, 2.45) is 0 Å². The summed E-state index contributed by atoms with van der Waals surface area (Å²) in [5, 5.41) is 21.4. The molecule has 148 valence electrons. The van der Waals surface area contributed by atoms with Crippen molar-refractivity contribution in [3.8, 4) is 17.0 Å². The fourth-order valence-corrected chi connectivity index (χ4v) is 3.95. The molecule has 0 spiro atoms. The Hall–Kier alpha value is -2.51. The summed E-state index contributed by atoms with van der Waals surface area (Å²) in [6.07, 6.45) is 1.09. The molecular weight excluding hydrogens is 357 g/mol. The summed E-state index contributed by atoms with van der Waals surface area (Å²) < 4.78 is 14.4. The molecular formula is C21H26FN5O. The lowest BCUT2D eigenvalue weighted by Crippen LogP contribution is -2.54. The number of aromatic hydroxyl groups is 1. The van der Waals surface area contributed by atoms with Crippen LogP contribution in [0.25, 0.3) is 22.3 Å². The summed E-state index contributed by atoms with van der Waals surface area (Å²) in [5.41, 5.74) is 3.53. The number of H-pyrrole nitrogens is 1. The summed E-state index contributed by atoms with van der Waals surface area (Å²) in [4.78, 5) is 7.03. The predicted molar refractivity (Wildman–Crippen MR) is 108 cm³/mol. The number of halogens is 1. The van der Waals surface area contributed by atoms with Gasteiger partial charge in [-0.1, -0.05) is 6.92 Å². The van der Waals surface area contributed by atoms with Crippen LogP contribution in [0.1, 0.15) is 31.5 Å². The number of nitrogens with zero attached hydrogens (tertiary/aromatic N) is 3. The van der Waals surface area contributed by atoms with Gasteiger partial charge in [0.2, 0.25) is 0 Å². The molecule has 2 atom stereocenters. The monoisotopic (exact) mass is 383 g/mol. The van der Waals surface area contributed by atoms with E-state index in [9.17, 15) is 9.50 Å². The molecule has 6 nitrogen and oxygen atoms in total. The zero-order valence-corrected chi connectivity index (χ0v) is 16.5. The van der Waals surface area contributed by atoms with E-state index in [2.05, 4.69) is 39.2 Å². The second kappa shape index (κ2) is 7.48. The fourth-order valence-electron chi connectivity index (χ4n) is 3.95. The average Bonchev–Trinajstić information content (AvgIpc) is 3.04. The first-order valence-electron chi connectivity index (χ1n) is 9.77. The minimum Gasteiger partial charge on any atom is -0.508 e. The highest BCUT2D eigenvalue weighted by Gasteiger charge is 2.25. The van der Waals surface area contributed by atoms with Gasteiger partial charge >= 0.3 is 0 Å².